The van der Waals surface area contributed by atoms with Gasteiger partial charge in [-0.25, -0.2) is 0 Å². The lowest BCUT2D eigenvalue weighted by molar-refractivity contribution is -0.163. The van der Waals surface area contributed by atoms with E-state index < -0.39 is 0 Å². The zero-order chi connectivity index (χ0) is 11.1. The molecule has 0 radical (unpaired) electrons. The van der Waals surface area contributed by atoms with Gasteiger partial charge in [-0.05, 0) is 52.9 Å². The summed E-state index contributed by atoms with van der Waals surface area (Å²) in [6.07, 6.45) is 5.38. The molecule has 1 unspecified atom stereocenters. The highest BCUT2D eigenvalue weighted by Crippen LogP contribution is 2.37. The molecule has 0 aromatic heterocycles. The molecule has 3 heteroatoms. The topological polar surface area (TPSA) is 38.3 Å². The van der Waals surface area contributed by atoms with E-state index in [4.69, 9.17) is 4.74 Å². The minimum Gasteiger partial charge on any atom is -0.459 e. The third-order valence-electron chi connectivity index (χ3n) is 3.35. The van der Waals surface area contributed by atoms with Crippen LogP contribution in [0.3, 0.4) is 0 Å². The first-order valence-corrected chi connectivity index (χ1v) is 5.92. The monoisotopic (exact) mass is 211 g/mol. The Hall–Kier alpha value is -0.570. The van der Waals surface area contributed by atoms with Crippen molar-refractivity contribution < 1.29 is 9.53 Å². The van der Waals surface area contributed by atoms with Gasteiger partial charge in [0.2, 0.25) is 0 Å². The minimum absolute atomic E-state index is 0.0443. The van der Waals surface area contributed by atoms with Gasteiger partial charge in [0.15, 0.2) is 0 Å². The molecule has 2 bridgehead atoms. The van der Waals surface area contributed by atoms with Crippen molar-refractivity contribution in [1.29, 1.82) is 0 Å². The Morgan fingerprint density at radius 1 is 1.33 bits per heavy atom. The first-order chi connectivity index (χ1) is 6.91. The molecule has 2 aliphatic heterocycles. The van der Waals surface area contributed by atoms with Gasteiger partial charge in [0.1, 0.15) is 11.1 Å². The SMILES string of the molecule is CC(C)(C)OC(=O)C12CCC[C@H](CC1)N2. The van der Waals surface area contributed by atoms with Crippen LogP contribution < -0.4 is 5.32 Å². The molecule has 15 heavy (non-hydrogen) atoms. The van der Waals surface area contributed by atoms with Crippen molar-refractivity contribution in [3.05, 3.63) is 0 Å². The largest absolute Gasteiger partial charge is 0.459 e. The van der Waals surface area contributed by atoms with Crippen molar-refractivity contribution in [2.24, 2.45) is 0 Å². The number of rotatable bonds is 1. The van der Waals surface area contributed by atoms with E-state index in [0.29, 0.717) is 6.04 Å². The first kappa shape index (κ1) is 10.9. The van der Waals surface area contributed by atoms with E-state index in [-0.39, 0.29) is 17.1 Å². The van der Waals surface area contributed by atoms with Gasteiger partial charge in [0.05, 0.1) is 0 Å². The lowest BCUT2D eigenvalue weighted by Crippen LogP contribution is -2.54. The first-order valence-electron chi connectivity index (χ1n) is 5.92. The van der Waals surface area contributed by atoms with Crippen LogP contribution in [0.2, 0.25) is 0 Å². The Morgan fingerprint density at radius 2 is 2.07 bits per heavy atom. The van der Waals surface area contributed by atoms with Crippen molar-refractivity contribution in [3.8, 4) is 0 Å². The Bertz CT molecular complexity index is 265. The van der Waals surface area contributed by atoms with Crippen LogP contribution in [0.4, 0.5) is 0 Å². The fourth-order valence-electron chi connectivity index (χ4n) is 2.66. The van der Waals surface area contributed by atoms with Gasteiger partial charge in [-0.2, -0.15) is 0 Å². The third kappa shape index (κ3) is 2.17. The van der Waals surface area contributed by atoms with Gasteiger partial charge >= 0.3 is 5.97 Å². The summed E-state index contributed by atoms with van der Waals surface area (Å²) in [5.41, 5.74) is -0.723. The van der Waals surface area contributed by atoms with E-state index in [1.165, 1.54) is 6.42 Å². The highest BCUT2D eigenvalue weighted by molar-refractivity contribution is 5.82. The summed E-state index contributed by atoms with van der Waals surface area (Å²) < 4.78 is 5.50. The number of carbonyl (C=O) groups excluding carboxylic acids is 1. The van der Waals surface area contributed by atoms with E-state index in [1.54, 1.807) is 0 Å². The molecule has 2 heterocycles. The van der Waals surface area contributed by atoms with Crippen LogP contribution in [0.5, 0.6) is 0 Å². The number of carbonyl (C=O) groups is 1. The van der Waals surface area contributed by atoms with Crippen molar-refractivity contribution >= 4 is 5.97 Å². The fourth-order valence-corrected chi connectivity index (χ4v) is 2.66. The standard InChI is InChI=1S/C12H21NO2/c1-11(2,3)15-10(14)12-7-4-5-9(13-12)6-8-12/h9,13H,4-8H2,1-3H3/t9-,12?/m1/s1. The zero-order valence-corrected chi connectivity index (χ0v) is 9.93. The minimum atomic E-state index is -0.372. The lowest BCUT2D eigenvalue weighted by atomic mass is 9.90. The summed E-state index contributed by atoms with van der Waals surface area (Å²) in [6, 6.07) is 0.547. The van der Waals surface area contributed by atoms with Crippen LogP contribution in [0.25, 0.3) is 0 Å². The molecule has 3 nitrogen and oxygen atoms in total. The van der Waals surface area contributed by atoms with Gasteiger partial charge in [0, 0.05) is 6.04 Å². The summed E-state index contributed by atoms with van der Waals surface area (Å²) in [7, 11) is 0. The van der Waals surface area contributed by atoms with Gasteiger partial charge < -0.3 is 4.74 Å². The maximum atomic E-state index is 12.1. The summed E-state index contributed by atoms with van der Waals surface area (Å²) >= 11 is 0. The molecule has 2 rings (SSSR count). The average molecular weight is 211 g/mol. The molecule has 0 aliphatic carbocycles. The number of ether oxygens (including phenoxy) is 1. The molecule has 0 amide bonds. The van der Waals surface area contributed by atoms with Crippen molar-refractivity contribution in [2.45, 2.75) is 70.1 Å². The molecule has 0 aromatic rings. The summed E-state index contributed by atoms with van der Waals surface area (Å²) in [4.78, 5) is 12.1. The van der Waals surface area contributed by atoms with Crippen LogP contribution in [-0.2, 0) is 9.53 Å². The highest BCUT2D eigenvalue weighted by atomic mass is 16.6. The second-order valence-electron chi connectivity index (χ2n) is 5.86. The highest BCUT2D eigenvalue weighted by Gasteiger charge is 2.48. The zero-order valence-electron chi connectivity index (χ0n) is 9.93. The lowest BCUT2D eigenvalue weighted by Gasteiger charge is -2.34. The maximum absolute atomic E-state index is 12.1. The number of fused-ring (bicyclic) bond motifs is 2. The summed E-state index contributed by atoms with van der Waals surface area (Å²) in [5.74, 6) is -0.0443. The molecule has 0 aromatic carbocycles. The number of hydrogen-bond donors (Lipinski definition) is 1. The van der Waals surface area contributed by atoms with Gasteiger partial charge in [0.25, 0.3) is 0 Å². The summed E-state index contributed by atoms with van der Waals surface area (Å²) in [6.45, 7) is 5.78. The van der Waals surface area contributed by atoms with E-state index in [1.807, 2.05) is 20.8 Å². The van der Waals surface area contributed by atoms with Crippen molar-refractivity contribution in [1.82, 2.24) is 5.32 Å². The molecule has 2 atom stereocenters. The Morgan fingerprint density at radius 3 is 2.73 bits per heavy atom. The Balaban J connectivity index is 2.06. The molecule has 2 fully saturated rings. The van der Waals surface area contributed by atoms with Crippen molar-refractivity contribution in [3.63, 3.8) is 0 Å². The van der Waals surface area contributed by atoms with E-state index in [2.05, 4.69) is 5.32 Å². The average Bonchev–Trinajstić information content (AvgIpc) is 2.41. The number of esters is 1. The quantitative estimate of drug-likeness (QED) is 0.674. The van der Waals surface area contributed by atoms with E-state index in [9.17, 15) is 4.79 Å². The molecular formula is C12H21NO2. The van der Waals surface area contributed by atoms with Crippen LogP contribution >= 0.6 is 0 Å². The van der Waals surface area contributed by atoms with Crippen molar-refractivity contribution in [2.75, 3.05) is 0 Å². The van der Waals surface area contributed by atoms with Crippen LogP contribution in [-0.4, -0.2) is 23.2 Å². The molecule has 1 N–H and O–H groups in total. The maximum Gasteiger partial charge on any atom is 0.326 e. The van der Waals surface area contributed by atoms with Crippen LogP contribution in [0.1, 0.15) is 52.9 Å². The predicted octanol–water partition coefficient (Wildman–Crippen LogP) is 2.00. The molecule has 2 aliphatic rings. The van der Waals surface area contributed by atoms with E-state index >= 15 is 0 Å². The van der Waals surface area contributed by atoms with E-state index in [0.717, 1.165) is 25.7 Å². The third-order valence-corrected chi connectivity index (χ3v) is 3.35. The fraction of sp³-hybridized carbons (Fsp3) is 0.917. The second kappa shape index (κ2) is 3.48. The van der Waals surface area contributed by atoms with Gasteiger partial charge in [-0.15, -0.1) is 0 Å². The smallest absolute Gasteiger partial charge is 0.326 e. The van der Waals surface area contributed by atoms with Crippen LogP contribution in [0, 0.1) is 0 Å². The Labute approximate surface area is 91.6 Å². The Kier molecular flexibility index (Phi) is 2.53. The predicted molar refractivity (Wildman–Crippen MR) is 58.6 cm³/mol. The van der Waals surface area contributed by atoms with Gasteiger partial charge in [-0.1, -0.05) is 0 Å². The molecular weight excluding hydrogens is 190 g/mol. The normalized spacial score (nSPS) is 35.3. The van der Waals surface area contributed by atoms with Crippen LogP contribution in [0.15, 0.2) is 0 Å². The molecule has 2 saturated heterocycles. The van der Waals surface area contributed by atoms with Gasteiger partial charge in [-0.3, -0.25) is 10.1 Å². The number of piperidine rings is 1. The molecule has 0 saturated carbocycles. The molecule has 0 spiro atoms. The second-order valence-corrected chi connectivity index (χ2v) is 5.86. The number of nitrogens with one attached hydrogen (secondary N) is 1. The molecule has 86 valence electrons. The summed E-state index contributed by atoms with van der Waals surface area (Å²) in [5, 5.41) is 3.45. The number of hydrogen-bond acceptors (Lipinski definition) is 3.